The molecule has 2 heterocycles. The lowest BCUT2D eigenvalue weighted by Gasteiger charge is -2.31. The van der Waals surface area contributed by atoms with Crippen molar-refractivity contribution in [1.82, 2.24) is 14.5 Å². The van der Waals surface area contributed by atoms with Crippen LogP contribution in [0.5, 0.6) is 5.75 Å². The number of phenols is 1. The zero-order valence-corrected chi connectivity index (χ0v) is 16.5. The van der Waals surface area contributed by atoms with E-state index in [4.69, 9.17) is 16.3 Å². The van der Waals surface area contributed by atoms with Crippen molar-refractivity contribution in [2.24, 2.45) is 0 Å². The summed E-state index contributed by atoms with van der Waals surface area (Å²) < 4.78 is 61.3. The van der Waals surface area contributed by atoms with Crippen LogP contribution in [0.4, 0.5) is 22.4 Å². The molecule has 11 heteroatoms. The normalized spacial score (nSPS) is 14.7. The maximum absolute atomic E-state index is 13.9. The van der Waals surface area contributed by atoms with E-state index in [1.807, 2.05) is 0 Å². The molecule has 0 saturated carbocycles. The number of benzene rings is 1. The van der Waals surface area contributed by atoms with E-state index in [-0.39, 0.29) is 36.7 Å². The third-order valence-electron chi connectivity index (χ3n) is 4.18. The quantitative estimate of drug-likeness (QED) is 0.652. The van der Waals surface area contributed by atoms with Gasteiger partial charge in [0.1, 0.15) is 11.4 Å². The molecule has 1 aliphatic rings. The molecule has 0 spiro atoms. The van der Waals surface area contributed by atoms with Gasteiger partial charge < -0.3 is 14.4 Å². The maximum atomic E-state index is 13.9. The van der Waals surface area contributed by atoms with Crippen molar-refractivity contribution in [1.29, 1.82) is 0 Å². The molecule has 0 atom stereocenters. The van der Waals surface area contributed by atoms with Crippen molar-refractivity contribution >= 4 is 17.7 Å². The first kappa shape index (κ1) is 21.2. The number of carbonyl (C=O) groups is 1. The largest absolute Gasteiger partial charge is 0.504 e. The second-order valence-corrected chi connectivity index (χ2v) is 7.97. The number of amides is 1. The van der Waals surface area contributed by atoms with E-state index in [9.17, 15) is 27.5 Å². The van der Waals surface area contributed by atoms with Crippen molar-refractivity contribution in [3.05, 3.63) is 34.5 Å². The first-order valence-electron chi connectivity index (χ1n) is 8.61. The molecule has 0 aliphatic carbocycles. The Kier molecular flexibility index (Phi) is 5.18. The number of aromatic nitrogens is 2. The minimum absolute atomic E-state index is 0.00684. The standard InChI is InChI=1S/C18H18ClF4N3O3/c1-17(2,3)29-16(28)25-4-5-26-12(8-25)24-15(18(21,22)23)13(26)9-6-10(19)14(27)11(20)7-9/h6-7,27H,4-5,8H2,1-3H3. The summed E-state index contributed by atoms with van der Waals surface area (Å²) in [6.45, 7) is 4.91. The van der Waals surface area contributed by atoms with Gasteiger partial charge in [0, 0.05) is 18.7 Å². The molecule has 0 fully saturated rings. The maximum Gasteiger partial charge on any atom is 0.435 e. The van der Waals surface area contributed by atoms with E-state index in [1.165, 1.54) is 9.47 Å². The van der Waals surface area contributed by atoms with E-state index < -0.39 is 40.2 Å². The Balaban J connectivity index is 2.06. The summed E-state index contributed by atoms with van der Waals surface area (Å²) in [7, 11) is 0. The second kappa shape index (κ2) is 7.08. The lowest BCUT2D eigenvalue weighted by atomic mass is 10.1. The summed E-state index contributed by atoms with van der Waals surface area (Å²) in [5, 5.41) is 9.05. The molecule has 1 aliphatic heterocycles. The number of ether oxygens (including phenoxy) is 1. The molecular formula is C18H18ClF4N3O3. The van der Waals surface area contributed by atoms with E-state index in [1.54, 1.807) is 20.8 Å². The van der Waals surface area contributed by atoms with Gasteiger partial charge in [-0.25, -0.2) is 14.2 Å². The van der Waals surface area contributed by atoms with Crippen LogP contribution in [-0.2, 0) is 24.0 Å². The summed E-state index contributed by atoms with van der Waals surface area (Å²) in [4.78, 5) is 17.2. The topological polar surface area (TPSA) is 67.6 Å². The van der Waals surface area contributed by atoms with Gasteiger partial charge in [0.05, 0.1) is 17.3 Å². The Hall–Kier alpha value is -2.49. The molecule has 158 valence electrons. The third-order valence-corrected chi connectivity index (χ3v) is 4.47. The van der Waals surface area contributed by atoms with Crippen LogP contribution in [0.3, 0.4) is 0 Å². The Morgan fingerprint density at radius 2 is 1.90 bits per heavy atom. The van der Waals surface area contributed by atoms with Crippen molar-refractivity contribution in [2.75, 3.05) is 6.54 Å². The minimum Gasteiger partial charge on any atom is -0.504 e. The molecule has 3 rings (SSSR count). The van der Waals surface area contributed by atoms with Crippen LogP contribution in [0.15, 0.2) is 12.1 Å². The predicted octanol–water partition coefficient (Wildman–Crippen LogP) is 4.82. The van der Waals surface area contributed by atoms with E-state index in [2.05, 4.69) is 4.98 Å². The summed E-state index contributed by atoms with van der Waals surface area (Å²) in [5.74, 6) is -2.02. The van der Waals surface area contributed by atoms with Crippen LogP contribution in [-0.4, -0.2) is 37.8 Å². The fourth-order valence-electron chi connectivity index (χ4n) is 3.01. The first-order valence-corrected chi connectivity index (χ1v) is 8.98. The number of imidazole rings is 1. The highest BCUT2D eigenvalue weighted by atomic mass is 35.5. The van der Waals surface area contributed by atoms with Gasteiger partial charge in [0.2, 0.25) is 0 Å². The molecule has 0 saturated heterocycles. The average molecular weight is 436 g/mol. The lowest BCUT2D eigenvalue weighted by Crippen LogP contribution is -2.41. The molecule has 0 bridgehead atoms. The number of fused-ring (bicyclic) bond motifs is 1. The van der Waals surface area contributed by atoms with Crippen molar-refractivity contribution in [3.8, 4) is 17.0 Å². The highest BCUT2D eigenvalue weighted by molar-refractivity contribution is 6.32. The Labute approximate surface area is 168 Å². The number of halogens is 5. The first-order chi connectivity index (χ1) is 13.3. The van der Waals surface area contributed by atoms with Gasteiger partial charge in [-0.15, -0.1) is 0 Å². The van der Waals surface area contributed by atoms with Gasteiger partial charge in [-0.2, -0.15) is 13.2 Å². The number of hydrogen-bond donors (Lipinski definition) is 1. The Bertz CT molecular complexity index is 943. The molecule has 1 aromatic carbocycles. The van der Waals surface area contributed by atoms with E-state index in [0.717, 1.165) is 12.1 Å². The van der Waals surface area contributed by atoms with Gasteiger partial charge in [-0.05, 0) is 32.9 Å². The van der Waals surface area contributed by atoms with Crippen LogP contribution in [0.2, 0.25) is 5.02 Å². The fourth-order valence-corrected chi connectivity index (χ4v) is 3.21. The summed E-state index contributed by atoms with van der Waals surface area (Å²) in [6.07, 6.45) is -5.49. The number of phenolic OH excluding ortho intramolecular Hbond substituents is 1. The molecule has 1 amide bonds. The van der Waals surface area contributed by atoms with Gasteiger partial charge in [0.25, 0.3) is 0 Å². The lowest BCUT2D eigenvalue weighted by molar-refractivity contribution is -0.140. The smallest absolute Gasteiger partial charge is 0.435 e. The Morgan fingerprint density at radius 1 is 1.24 bits per heavy atom. The SMILES string of the molecule is CC(C)(C)OC(=O)N1CCn2c(nc(C(F)(F)F)c2-c2cc(F)c(O)c(Cl)c2)C1. The molecule has 29 heavy (non-hydrogen) atoms. The minimum atomic E-state index is -4.82. The van der Waals surface area contributed by atoms with Crippen LogP contribution < -0.4 is 0 Å². The zero-order valence-electron chi connectivity index (χ0n) is 15.8. The third kappa shape index (κ3) is 4.26. The van der Waals surface area contributed by atoms with Crippen LogP contribution in [0, 0.1) is 5.82 Å². The molecular weight excluding hydrogens is 418 g/mol. The van der Waals surface area contributed by atoms with Crippen molar-refractivity contribution in [3.63, 3.8) is 0 Å². The van der Waals surface area contributed by atoms with Gasteiger partial charge >= 0.3 is 12.3 Å². The fraction of sp³-hybridized carbons (Fsp3) is 0.444. The summed E-state index contributed by atoms with van der Waals surface area (Å²) >= 11 is 5.74. The van der Waals surface area contributed by atoms with Crippen LogP contribution in [0.25, 0.3) is 11.3 Å². The zero-order chi connectivity index (χ0) is 21.7. The van der Waals surface area contributed by atoms with Gasteiger partial charge in [-0.1, -0.05) is 11.6 Å². The molecule has 1 aromatic heterocycles. The van der Waals surface area contributed by atoms with Crippen LogP contribution in [0.1, 0.15) is 32.3 Å². The number of nitrogens with zero attached hydrogens (tertiary/aromatic N) is 3. The number of hydrogen-bond acceptors (Lipinski definition) is 4. The van der Waals surface area contributed by atoms with E-state index in [0.29, 0.717) is 0 Å². The van der Waals surface area contributed by atoms with Crippen molar-refractivity contribution < 1.29 is 32.2 Å². The number of carbonyl (C=O) groups excluding carboxylic acids is 1. The van der Waals surface area contributed by atoms with E-state index >= 15 is 0 Å². The average Bonchev–Trinajstić information content (AvgIpc) is 2.96. The molecule has 0 unspecified atom stereocenters. The predicted molar refractivity (Wildman–Crippen MR) is 95.9 cm³/mol. The van der Waals surface area contributed by atoms with Crippen LogP contribution >= 0.6 is 11.6 Å². The van der Waals surface area contributed by atoms with Gasteiger partial charge in [0.15, 0.2) is 17.3 Å². The summed E-state index contributed by atoms with van der Waals surface area (Å²) in [5.41, 5.74) is -2.54. The summed E-state index contributed by atoms with van der Waals surface area (Å²) in [6, 6.07) is 1.81. The number of aromatic hydroxyl groups is 1. The monoisotopic (exact) mass is 435 g/mol. The van der Waals surface area contributed by atoms with Crippen molar-refractivity contribution in [2.45, 2.75) is 45.6 Å². The number of alkyl halides is 3. The van der Waals surface area contributed by atoms with Gasteiger partial charge in [-0.3, -0.25) is 4.90 Å². The Morgan fingerprint density at radius 3 is 2.45 bits per heavy atom. The molecule has 0 radical (unpaired) electrons. The highest BCUT2D eigenvalue weighted by Crippen LogP contribution is 2.41. The molecule has 6 nitrogen and oxygen atoms in total. The molecule has 1 N–H and O–H groups in total. The second-order valence-electron chi connectivity index (χ2n) is 7.57. The highest BCUT2D eigenvalue weighted by Gasteiger charge is 2.41. The molecule has 2 aromatic rings. The number of rotatable bonds is 1.